The van der Waals surface area contributed by atoms with E-state index in [-0.39, 0.29) is 16.9 Å². The van der Waals surface area contributed by atoms with Crippen LogP contribution in [0.15, 0.2) is 69.9 Å². The van der Waals surface area contributed by atoms with Crippen LogP contribution in [0.3, 0.4) is 0 Å². The van der Waals surface area contributed by atoms with E-state index < -0.39 is 5.97 Å². The molecule has 8 heteroatoms. The van der Waals surface area contributed by atoms with Gasteiger partial charge in [-0.25, -0.2) is 9.78 Å². The van der Waals surface area contributed by atoms with Gasteiger partial charge in [-0.15, -0.1) is 0 Å². The summed E-state index contributed by atoms with van der Waals surface area (Å²) < 4.78 is 7.08. The van der Waals surface area contributed by atoms with E-state index in [9.17, 15) is 14.7 Å². The van der Waals surface area contributed by atoms with Crippen LogP contribution in [0.5, 0.6) is 11.5 Å². The molecule has 160 valence electrons. The van der Waals surface area contributed by atoms with Crippen molar-refractivity contribution in [2.24, 2.45) is 0 Å². The van der Waals surface area contributed by atoms with Crippen molar-refractivity contribution in [3.05, 3.63) is 92.4 Å². The van der Waals surface area contributed by atoms with Crippen LogP contribution in [0.1, 0.15) is 21.7 Å². The molecule has 0 aliphatic carbocycles. The van der Waals surface area contributed by atoms with Crippen molar-refractivity contribution in [1.82, 2.24) is 9.55 Å². The fraction of sp³-hybridized carbons (Fsp3) is 0.0417. The number of methoxy groups -OCH3 is 1. The molecule has 0 unspecified atom stereocenters. The molecule has 32 heavy (non-hydrogen) atoms. The SMILES string of the molecule is COc1cc(/C=C/c2nc3ccccc3c(=O)n2-c2ccc(C(=O)O)cc2)cc(Br)c1O. The van der Waals surface area contributed by atoms with Gasteiger partial charge in [0.2, 0.25) is 0 Å². The number of hydrogen-bond donors (Lipinski definition) is 2. The summed E-state index contributed by atoms with van der Waals surface area (Å²) in [6.45, 7) is 0. The third-order valence-electron chi connectivity index (χ3n) is 4.87. The van der Waals surface area contributed by atoms with E-state index >= 15 is 0 Å². The maximum atomic E-state index is 13.3. The van der Waals surface area contributed by atoms with Gasteiger partial charge in [-0.05, 0) is 76.1 Å². The predicted molar refractivity (Wildman–Crippen MR) is 126 cm³/mol. The summed E-state index contributed by atoms with van der Waals surface area (Å²) in [4.78, 5) is 29.1. The van der Waals surface area contributed by atoms with Gasteiger partial charge in [0, 0.05) is 0 Å². The van der Waals surface area contributed by atoms with Crippen LogP contribution in [0.4, 0.5) is 0 Å². The summed E-state index contributed by atoms with van der Waals surface area (Å²) >= 11 is 3.30. The Morgan fingerprint density at radius 3 is 2.50 bits per heavy atom. The van der Waals surface area contributed by atoms with Gasteiger partial charge in [-0.1, -0.05) is 18.2 Å². The van der Waals surface area contributed by atoms with Crippen LogP contribution < -0.4 is 10.3 Å². The number of hydrogen-bond acceptors (Lipinski definition) is 5. The first-order chi connectivity index (χ1) is 15.4. The topological polar surface area (TPSA) is 102 Å². The van der Waals surface area contributed by atoms with E-state index in [1.807, 2.05) is 0 Å². The first kappa shape index (κ1) is 21.3. The minimum absolute atomic E-state index is 0.0103. The fourth-order valence-corrected chi connectivity index (χ4v) is 3.74. The summed E-state index contributed by atoms with van der Waals surface area (Å²) in [6, 6.07) is 16.4. The Morgan fingerprint density at radius 2 is 1.81 bits per heavy atom. The molecule has 1 heterocycles. The number of phenols is 1. The molecule has 0 saturated heterocycles. The standard InChI is InChI=1S/C24H17BrN2O5/c1-32-20-13-14(12-18(25)22(20)28)6-11-21-26-19-5-3-2-4-17(19)23(29)27(21)16-9-7-15(8-10-16)24(30)31/h2-13,28H,1H3,(H,30,31)/b11-6+. The lowest BCUT2D eigenvalue weighted by Gasteiger charge is -2.12. The van der Waals surface area contributed by atoms with Gasteiger partial charge in [0.05, 0.1) is 33.7 Å². The summed E-state index contributed by atoms with van der Waals surface area (Å²) in [5.74, 6) is -0.400. The molecule has 0 radical (unpaired) electrons. The van der Waals surface area contributed by atoms with Crippen molar-refractivity contribution in [1.29, 1.82) is 0 Å². The molecule has 0 fully saturated rings. The number of para-hydroxylation sites is 1. The van der Waals surface area contributed by atoms with Crippen LogP contribution in [0.2, 0.25) is 0 Å². The molecule has 0 saturated carbocycles. The number of nitrogens with zero attached hydrogens (tertiary/aromatic N) is 2. The minimum Gasteiger partial charge on any atom is -0.503 e. The van der Waals surface area contributed by atoms with Crippen molar-refractivity contribution in [2.75, 3.05) is 7.11 Å². The van der Waals surface area contributed by atoms with Crippen molar-refractivity contribution < 1.29 is 19.7 Å². The highest BCUT2D eigenvalue weighted by atomic mass is 79.9. The highest BCUT2D eigenvalue weighted by Gasteiger charge is 2.13. The Bertz CT molecular complexity index is 1430. The summed E-state index contributed by atoms with van der Waals surface area (Å²) in [6.07, 6.45) is 3.42. The number of halogens is 1. The average molecular weight is 493 g/mol. The molecule has 3 aromatic carbocycles. The predicted octanol–water partition coefficient (Wildman–Crippen LogP) is 4.73. The van der Waals surface area contributed by atoms with Crippen LogP contribution in [0, 0.1) is 0 Å². The molecule has 0 bridgehead atoms. The second kappa shape index (κ2) is 8.68. The summed E-state index contributed by atoms with van der Waals surface area (Å²) in [5, 5.41) is 19.6. The highest BCUT2D eigenvalue weighted by molar-refractivity contribution is 9.10. The zero-order valence-corrected chi connectivity index (χ0v) is 18.4. The van der Waals surface area contributed by atoms with Gasteiger partial charge >= 0.3 is 5.97 Å². The molecule has 0 aliphatic heterocycles. The number of fused-ring (bicyclic) bond motifs is 1. The molecular weight excluding hydrogens is 476 g/mol. The third kappa shape index (κ3) is 4.00. The number of aromatic nitrogens is 2. The first-order valence-corrected chi connectivity index (χ1v) is 10.3. The summed E-state index contributed by atoms with van der Waals surface area (Å²) in [5.41, 5.74) is 1.58. The van der Waals surface area contributed by atoms with Crippen LogP contribution in [0.25, 0.3) is 28.7 Å². The molecule has 0 spiro atoms. The van der Waals surface area contributed by atoms with E-state index in [0.29, 0.717) is 38.2 Å². The van der Waals surface area contributed by atoms with Crippen molar-refractivity contribution in [2.45, 2.75) is 0 Å². The Hall–Kier alpha value is -3.91. The van der Waals surface area contributed by atoms with Gasteiger partial charge in [0.15, 0.2) is 11.5 Å². The average Bonchev–Trinajstić information content (AvgIpc) is 2.80. The molecular formula is C24H17BrN2O5. The van der Waals surface area contributed by atoms with E-state index in [1.54, 1.807) is 60.7 Å². The Kier molecular flexibility index (Phi) is 5.79. The maximum Gasteiger partial charge on any atom is 0.335 e. The highest BCUT2D eigenvalue weighted by Crippen LogP contribution is 2.35. The Labute approximate surface area is 191 Å². The van der Waals surface area contributed by atoms with Gasteiger partial charge in [0.1, 0.15) is 5.82 Å². The maximum absolute atomic E-state index is 13.3. The van der Waals surface area contributed by atoms with E-state index in [2.05, 4.69) is 20.9 Å². The lowest BCUT2D eigenvalue weighted by molar-refractivity contribution is 0.0697. The van der Waals surface area contributed by atoms with Crippen LogP contribution >= 0.6 is 15.9 Å². The van der Waals surface area contributed by atoms with Gasteiger partial charge < -0.3 is 14.9 Å². The molecule has 0 amide bonds. The monoisotopic (exact) mass is 492 g/mol. The van der Waals surface area contributed by atoms with E-state index in [0.717, 1.165) is 0 Å². The molecule has 0 aliphatic rings. The van der Waals surface area contributed by atoms with Crippen LogP contribution in [-0.4, -0.2) is 32.8 Å². The zero-order valence-electron chi connectivity index (χ0n) is 16.8. The quantitative estimate of drug-likeness (QED) is 0.417. The Morgan fingerprint density at radius 1 is 1.09 bits per heavy atom. The second-order valence-corrected chi connectivity index (χ2v) is 7.72. The normalized spacial score (nSPS) is 11.2. The molecule has 4 aromatic rings. The largest absolute Gasteiger partial charge is 0.503 e. The first-order valence-electron chi connectivity index (χ1n) is 9.49. The smallest absolute Gasteiger partial charge is 0.335 e. The van der Waals surface area contributed by atoms with Gasteiger partial charge in [-0.3, -0.25) is 9.36 Å². The molecule has 0 atom stereocenters. The summed E-state index contributed by atoms with van der Waals surface area (Å²) in [7, 11) is 1.46. The number of carboxylic acids is 1. The molecule has 2 N–H and O–H groups in total. The lowest BCUT2D eigenvalue weighted by Crippen LogP contribution is -2.22. The second-order valence-electron chi connectivity index (χ2n) is 6.87. The molecule has 1 aromatic heterocycles. The number of benzene rings is 3. The number of carboxylic acid groups (broad SMARTS) is 1. The number of ether oxygens (including phenoxy) is 1. The lowest BCUT2D eigenvalue weighted by atomic mass is 10.1. The molecule has 4 rings (SSSR count). The van der Waals surface area contributed by atoms with Crippen molar-refractivity contribution in [3.8, 4) is 17.2 Å². The van der Waals surface area contributed by atoms with E-state index in [1.165, 1.54) is 23.8 Å². The third-order valence-corrected chi connectivity index (χ3v) is 5.47. The molecule has 7 nitrogen and oxygen atoms in total. The Balaban J connectivity index is 1.89. The number of phenolic OH excluding ortho intramolecular Hbond substituents is 1. The fourth-order valence-electron chi connectivity index (χ4n) is 3.28. The minimum atomic E-state index is -1.05. The number of rotatable bonds is 5. The zero-order chi connectivity index (χ0) is 22.8. The number of aromatic hydroxyl groups is 1. The number of carbonyl (C=O) groups is 1. The van der Waals surface area contributed by atoms with Crippen molar-refractivity contribution in [3.63, 3.8) is 0 Å². The van der Waals surface area contributed by atoms with E-state index in [4.69, 9.17) is 9.84 Å². The van der Waals surface area contributed by atoms with Crippen LogP contribution in [-0.2, 0) is 0 Å². The number of aromatic carboxylic acids is 1. The van der Waals surface area contributed by atoms with Gasteiger partial charge in [-0.2, -0.15) is 0 Å². The van der Waals surface area contributed by atoms with Gasteiger partial charge in [0.25, 0.3) is 5.56 Å². The van der Waals surface area contributed by atoms with Crippen molar-refractivity contribution >= 4 is 45.0 Å².